The Hall–Kier alpha value is -7.51. The van der Waals surface area contributed by atoms with E-state index in [0.717, 1.165) is 53.0 Å². The van der Waals surface area contributed by atoms with Crippen LogP contribution in [0.2, 0.25) is 0 Å². The number of carbonyl (C=O) groups excluding carboxylic acids is 3. The quantitative estimate of drug-likeness (QED) is 0.0467. The van der Waals surface area contributed by atoms with Crippen LogP contribution in [-0.2, 0) is 58.2 Å². The molecule has 0 atom stereocenters. The lowest BCUT2D eigenvalue weighted by atomic mass is 10.0. The fourth-order valence-electron chi connectivity index (χ4n) is 7.37. The second kappa shape index (κ2) is 22.1. The summed E-state index contributed by atoms with van der Waals surface area (Å²) in [5, 5.41) is 0.873. The van der Waals surface area contributed by atoms with Crippen molar-refractivity contribution >= 4 is 59.7 Å². The van der Waals surface area contributed by atoms with Crippen molar-refractivity contribution in [2.24, 2.45) is 0 Å². The van der Waals surface area contributed by atoms with Gasteiger partial charge in [-0.1, -0.05) is 6.07 Å². The Morgan fingerprint density at radius 2 is 1.10 bits per heavy atom. The first-order valence-electron chi connectivity index (χ1n) is 21.1. The molecule has 19 heteroatoms. The fraction of sp³-hybridized carbons (Fsp3) is 0.180. The summed E-state index contributed by atoms with van der Waals surface area (Å²) in [6, 6.07) is 25.6. The summed E-state index contributed by atoms with van der Waals surface area (Å²) >= 11 is 0. The zero-order valence-corrected chi connectivity index (χ0v) is 39.2. The zero-order chi connectivity index (χ0) is 50.0. The number of aromatic nitrogens is 4. The molecule has 0 N–H and O–H groups in total. The molecule has 4 aromatic heterocycles. The van der Waals surface area contributed by atoms with Crippen LogP contribution < -0.4 is 0 Å². The van der Waals surface area contributed by atoms with E-state index in [1.807, 2.05) is 17.6 Å². The molecule has 0 radical (unpaired) electrons. The van der Waals surface area contributed by atoms with E-state index in [4.69, 9.17) is 9.47 Å². The molecule has 13 nitrogen and oxygen atoms in total. The number of ether oxygens (including phenoxy) is 2. The molecule has 69 heavy (non-hydrogen) atoms. The Morgan fingerprint density at radius 3 is 1.67 bits per heavy atom. The topological polar surface area (TPSA) is 174 Å². The van der Waals surface area contributed by atoms with E-state index >= 15 is 0 Å². The van der Waals surface area contributed by atoms with Crippen molar-refractivity contribution in [3.63, 3.8) is 0 Å². The van der Waals surface area contributed by atoms with Gasteiger partial charge in [0.25, 0.3) is 0 Å². The highest BCUT2D eigenvalue weighted by atomic mass is 32.2. The molecule has 4 aromatic carbocycles. The second-order valence-electron chi connectivity index (χ2n) is 15.1. The Bertz CT molecular complexity index is 3400. The molecular formula is C50H44F4N4O9S2. The SMILES string of the molecule is CCOC(=O)Cn1c(C)c(Cc2cccnc2S(=O)(=O)c2ccc(F)cc2)c2cc(F)ccc21.CCOC(=O)Cn1c(C)cc2cc(F)ccc21.O=Cc1cccnc1S(=O)(=O)c1ccc(F)cc1. The van der Waals surface area contributed by atoms with Gasteiger partial charge in [0.2, 0.25) is 19.7 Å². The fourth-order valence-corrected chi connectivity index (χ4v) is 10.1. The highest BCUT2D eigenvalue weighted by Gasteiger charge is 2.26. The Kier molecular flexibility index (Phi) is 16.3. The van der Waals surface area contributed by atoms with Crippen LogP contribution in [0.5, 0.6) is 0 Å². The molecule has 0 amide bonds. The summed E-state index contributed by atoms with van der Waals surface area (Å²) in [5.41, 5.74) is 4.12. The number of aldehydes is 1. The maximum Gasteiger partial charge on any atom is 0.325 e. The molecule has 358 valence electrons. The number of rotatable bonds is 13. The predicted molar refractivity (Wildman–Crippen MR) is 247 cm³/mol. The standard InChI is InChI=1S/C25H22F2N2O4S.C13H14FNO2.C12H8FNO3S/c1-3-33-24(30)15-29-16(2)21(22-14-19(27)8-11-23(22)29)13-17-5-4-12-28-25(17)34(31,32)20-9-6-18(26)7-10-20;1-3-17-13(16)8-15-9(2)6-10-7-11(14)4-5-12(10)15;13-10-3-5-11(6-4-10)18(16,17)12-9(8-15)2-1-7-14-12/h4-12,14H,3,13,15H2,1-2H3;4-7H,3,8H2,1-2H3;1-8H. The van der Waals surface area contributed by atoms with Crippen LogP contribution in [0.25, 0.3) is 21.8 Å². The first kappa shape index (κ1) is 50.9. The summed E-state index contributed by atoms with van der Waals surface area (Å²) in [6.45, 7) is 7.86. The normalized spacial score (nSPS) is 11.3. The maximum absolute atomic E-state index is 14.2. The van der Waals surface area contributed by atoms with Crippen molar-refractivity contribution < 1.29 is 58.3 Å². The Labute approximate surface area is 394 Å². The molecule has 0 aliphatic heterocycles. The van der Waals surface area contributed by atoms with Crippen molar-refractivity contribution in [3.8, 4) is 0 Å². The van der Waals surface area contributed by atoms with Gasteiger partial charge < -0.3 is 18.6 Å². The molecule has 4 heterocycles. The molecule has 0 saturated carbocycles. The van der Waals surface area contributed by atoms with Crippen LogP contribution in [0.1, 0.15) is 46.7 Å². The van der Waals surface area contributed by atoms with Gasteiger partial charge in [-0.3, -0.25) is 14.4 Å². The maximum atomic E-state index is 14.2. The third-order valence-electron chi connectivity index (χ3n) is 10.6. The number of esters is 2. The van der Waals surface area contributed by atoms with Gasteiger partial charge in [-0.15, -0.1) is 0 Å². The van der Waals surface area contributed by atoms with Gasteiger partial charge in [0, 0.05) is 52.0 Å². The number of benzene rings is 4. The minimum Gasteiger partial charge on any atom is -0.465 e. The van der Waals surface area contributed by atoms with E-state index in [0.29, 0.717) is 40.6 Å². The van der Waals surface area contributed by atoms with Crippen LogP contribution in [-0.4, -0.2) is 67.4 Å². The first-order chi connectivity index (χ1) is 32.9. The zero-order valence-electron chi connectivity index (χ0n) is 37.5. The molecule has 0 fully saturated rings. The van der Waals surface area contributed by atoms with Crippen LogP contribution in [0.3, 0.4) is 0 Å². The van der Waals surface area contributed by atoms with Crippen molar-refractivity contribution in [2.45, 2.75) is 67.0 Å². The number of carbonyl (C=O) groups is 3. The van der Waals surface area contributed by atoms with E-state index in [2.05, 4.69) is 9.97 Å². The molecule has 0 bridgehead atoms. The van der Waals surface area contributed by atoms with Crippen LogP contribution in [0.4, 0.5) is 17.6 Å². The van der Waals surface area contributed by atoms with Crippen molar-refractivity contribution in [2.75, 3.05) is 13.2 Å². The lowest BCUT2D eigenvalue weighted by Crippen LogP contribution is -2.14. The Balaban J connectivity index is 0.000000188. The number of sulfone groups is 2. The summed E-state index contributed by atoms with van der Waals surface area (Å²) in [6.07, 6.45) is 3.20. The molecule has 8 rings (SSSR count). The lowest BCUT2D eigenvalue weighted by Gasteiger charge is -2.11. The molecule has 0 saturated heterocycles. The molecule has 0 unspecified atom stereocenters. The van der Waals surface area contributed by atoms with Gasteiger partial charge in [-0.05, 0) is 148 Å². The van der Waals surface area contributed by atoms with E-state index in [1.54, 1.807) is 49.6 Å². The van der Waals surface area contributed by atoms with Crippen molar-refractivity contribution in [1.29, 1.82) is 0 Å². The summed E-state index contributed by atoms with van der Waals surface area (Å²) < 4.78 is 118. The van der Waals surface area contributed by atoms with E-state index < -0.39 is 43.1 Å². The Morgan fingerprint density at radius 1 is 0.609 bits per heavy atom. The number of hydrogen-bond acceptors (Lipinski definition) is 11. The smallest absolute Gasteiger partial charge is 0.325 e. The second-order valence-corrected chi connectivity index (χ2v) is 18.8. The monoisotopic (exact) mass is 984 g/mol. The molecule has 8 aromatic rings. The number of hydrogen-bond donors (Lipinski definition) is 0. The summed E-state index contributed by atoms with van der Waals surface area (Å²) in [5.74, 6) is -2.52. The van der Waals surface area contributed by atoms with Gasteiger partial charge in [0.15, 0.2) is 16.3 Å². The number of pyridine rings is 2. The number of fused-ring (bicyclic) bond motifs is 2. The lowest BCUT2D eigenvalue weighted by molar-refractivity contribution is -0.144. The van der Waals surface area contributed by atoms with Gasteiger partial charge in [-0.2, -0.15) is 0 Å². The number of aryl methyl sites for hydroxylation is 1. The predicted octanol–water partition coefficient (Wildman–Crippen LogP) is 9.13. The average Bonchev–Trinajstić information content (AvgIpc) is 3.76. The van der Waals surface area contributed by atoms with Crippen LogP contribution >= 0.6 is 0 Å². The summed E-state index contributed by atoms with van der Waals surface area (Å²) in [4.78, 5) is 42.1. The molecule has 0 spiro atoms. The molecule has 0 aliphatic carbocycles. The number of halogens is 4. The number of nitrogens with zero attached hydrogens (tertiary/aromatic N) is 4. The van der Waals surface area contributed by atoms with Gasteiger partial charge >= 0.3 is 11.9 Å². The van der Waals surface area contributed by atoms with E-state index in [9.17, 15) is 48.8 Å². The van der Waals surface area contributed by atoms with Crippen LogP contribution in [0.15, 0.2) is 147 Å². The highest BCUT2D eigenvalue weighted by Crippen LogP contribution is 2.32. The van der Waals surface area contributed by atoms with Crippen molar-refractivity contribution in [1.82, 2.24) is 19.1 Å². The summed E-state index contributed by atoms with van der Waals surface area (Å²) in [7, 11) is -7.94. The first-order valence-corrected chi connectivity index (χ1v) is 24.0. The average molecular weight is 985 g/mol. The van der Waals surface area contributed by atoms with Gasteiger partial charge in [0.1, 0.15) is 36.4 Å². The minimum absolute atomic E-state index is 0.0261. The van der Waals surface area contributed by atoms with E-state index in [1.165, 1.54) is 60.9 Å². The van der Waals surface area contributed by atoms with E-state index in [-0.39, 0.29) is 63.3 Å². The largest absolute Gasteiger partial charge is 0.465 e. The minimum atomic E-state index is -4.03. The molecular weight excluding hydrogens is 941 g/mol. The van der Waals surface area contributed by atoms with Gasteiger partial charge in [0.05, 0.1) is 28.6 Å². The third-order valence-corrected chi connectivity index (χ3v) is 14.1. The third kappa shape index (κ3) is 11.8. The van der Waals surface area contributed by atoms with Crippen molar-refractivity contribution in [3.05, 3.63) is 179 Å². The highest BCUT2D eigenvalue weighted by molar-refractivity contribution is 7.91. The van der Waals surface area contributed by atoms with Crippen LogP contribution in [0, 0.1) is 37.1 Å². The molecule has 0 aliphatic rings. The van der Waals surface area contributed by atoms with Gasteiger partial charge in [-0.25, -0.2) is 44.4 Å².